The van der Waals surface area contributed by atoms with Crippen LogP contribution in [0.1, 0.15) is 44.0 Å². The molecule has 0 aliphatic heterocycles. The van der Waals surface area contributed by atoms with Gasteiger partial charge in [-0.05, 0) is 51.1 Å². The number of anilines is 1. The molecular formula is C16H26N2O2. The first-order chi connectivity index (χ1) is 9.62. The van der Waals surface area contributed by atoms with Gasteiger partial charge in [-0.3, -0.25) is 9.69 Å². The van der Waals surface area contributed by atoms with E-state index in [1.165, 1.54) is 0 Å². The minimum absolute atomic E-state index is 0.113. The maximum Gasteiger partial charge on any atom is 0.176 e. The Labute approximate surface area is 121 Å². The number of benzene rings is 1. The van der Waals surface area contributed by atoms with Gasteiger partial charge in [-0.25, -0.2) is 0 Å². The van der Waals surface area contributed by atoms with Crippen LogP contribution in [0.5, 0.6) is 5.75 Å². The predicted octanol–water partition coefficient (Wildman–Crippen LogP) is 2.97. The van der Waals surface area contributed by atoms with Crippen molar-refractivity contribution in [1.82, 2.24) is 4.90 Å². The first-order valence-corrected chi connectivity index (χ1v) is 7.40. The van der Waals surface area contributed by atoms with Gasteiger partial charge in [0.2, 0.25) is 0 Å². The maximum atomic E-state index is 12.3. The summed E-state index contributed by atoms with van der Waals surface area (Å²) in [5.74, 6) is 0.754. The molecule has 0 amide bonds. The van der Waals surface area contributed by atoms with E-state index >= 15 is 0 Å². The van der Waals surface area contributed by atoms with Gasteiger partial charge >= 0.3 is 0 Å². The molecule has 0 spiro atoms. The number of ether oxygens (including phenoxy) is 1. The zero-order chi connectivity index (χ0) is 15.0. The highest BCUT2D eigenvalue weighted by Gasteiger charge is 2.13. The Morgan fingerprint density at radius 3 is 2.35 bits per heavy atom. The fraction of sp³-hybridized carbons (Fsp3) is 0.562. The highest BCUT2D eigenvalue weighted by molar-refractivity contribution is 5.98. The fourth-order valence-electron chi connectivity index (χ4n) is 2.21. The molecular weight excluding hydrogens is 252 g/mol. The van der Waals surface area contributed by atoms with Crippen molar-refractivity contribution in [3.8, 4) is 5.75 Å². The molecule has 0 aromatic heterocycles. The summed E-state index contributed by atoms with van der Waals surface area (Å²) in [5, 5.41) is 0. The van der Waals surface area contributed by atoms with E-state index in [1.807, 2.05) is 6.92 Å². The highest BCUT2D eigenvalue weighted by Crippen LogP contribution is 2.22. The summed E-state index contributed by atoms with van der Waals surface area (Å²) in [7, 11) is 0. The van der Waals surface area contributed by atoms with Crippen LogP contribution in [0, 0.1) is 0 Å². The molecule has 112 valence electrons. The minimum Gasteiger partial charge on any atom is -0.492 e. The Hall–Kier alpha value is -1.55. The Balaban J connectivity index is 2.73. The number of hydrogen-bond acceptors (Lipinski definition) is 4. The predicted molar refractivity (Wildman–Crippen MR) is 83.4 cm³/mol. The molecule has 1 aromatic carbocycles. The molecule has 0 heterocycles. The molecule has 0 aliphatic carbocycles. The third kappa shape index (κ3) is 4.85. The average molecular weight is 278 g/mol. The molecule has 4 nitrogen and oxygen atoms in total. The molecule has 0 saturated heterocycles. The van der Waals surface area contributed by atoms with Gasteiger partial charge in [-0.15, -0.1) is 0 Å². The third-order valence-corrected chi connectivity index (χ3v) is 3.08. The second kappa shape index (κ2) is 8.59. The van der Waals surface area contributed by atoms with Gasteiger partial charge < -0.3 is 10.5 Å². The fourth-order valence-corrected chi connectivity index (χ4v) is 2.21. The molecule has 0 unspecified atom stereocenters. The van der Waals surface area contributed by atoms with Crippen molar-refractivity contribution in [2.75, 3.05) is 32.0 Å². The van der Waals surface area contributed by atoms with Crippen molar-refractivity contribution >= 4 is 11.5 Å². The number of nitrogen functional groups attached to an aromatic ring is 1. The number of Topliss-reactive ketones (excluding diaryl/α,β-unsaturated/α-hetero) is 1. The number of nitrogens with two attached hydrogens (primary N) is 1. The normalized spacial score (nSPS) is 10.8. The lowest BCUT2D eigenvalue weighted by Gasteiger charge is -2.20. The molecule has 0 bridgehead atoms. The Morgan fingerprint density at radius 2 is 1.85 bits per heavy atom. The van der Waals surface area contributed by atoms with Crippen LogP contribution in [0.25, 0.3) is 0 Å². The summed E-state index contributed by atoms with van der Waals surface area (Å²) in [6.07, 6.45) is 2.11. The second-order valence-corrected chi connectivity index (χ2v) is 4.88. The molecule has 4 heteroatoms. The van der Waals surface area contributed by atoms with Crippen LogP contribution in [0.15, 0.2) is 18.2 Å². The van der Waals surface area contributed by atoms with E-state index in [0.29, 0.717) is 30.2 Å². The van der Waals surface area contributed by atoms with Crippen molar-refractivity contribution in [2.24, 2.45) is 0 Å². The van der Waals surface area contributed by atoms with E-state index in [4.69, 9.17) is 10.5 Å². The lowest BCUT2D eigenvalue weighted by molar-refractivity contribution is 0.0930. The zero-order valence-corrected chi connectivity index (χ0v) is 12.8. The molecule has 20 heavy (non-hydrogen) atoms. The van der Waals surface area contributed by atoms with Gasteiger partial charge in [0.05, 0.1) is 18.8 Å². The van der Waals surface area contributed by atoms with E-state index in [-0.39, 0.29) is 5.78 Å². The number of ketones is 1. The van der Waals surface area contributed by atoms with Crippen molar-refractivity contribution in [3.05, 3.63) is 23.8 Å². The van der Waals surface area contributed by atoms with Crippen LogP contribution in [0.4, 0.5) is 5.69 Å². The Kier molecular flexibility index (Phi) is 7.09. The quantitative estimate of drug-likeness (QED) is 0.557. The molecule has 1 rings (SSSR count). The third-order valence-electron chi connectivity index (χ3n) is 3.08. The number of carbonyl (C=O) groups excluding carboxylic acids is 1. The number of carbonyl (C=O) groups is 1. The first kappa shape index (κ1) is 16.5. The monoisotopic (exact) mass is 278 g/mol. The highest BCUT2D eigenvalue weighted by atomic mass is 16.5. The lowest BCUT2D eigenvalue weighted by atomic mass is 10.1. The molecule has 2 N–H and O–H groups in total. The van der Waals surface area contributed by atoms with E-state index < -0.39 is 0 Å². The molecule has 0 aliphatic rings. The average Bonchev–Trinajstić information content (AvgIpc) is 2.41. The van der Waals surface area contributed by atoms with Crippen molar-refractivity contribution in [3.63, 3.8) is 0 Å². The van der Waals surface area contributed by atoms with Crippen molar-refractivity contribution in [2.45, 2.75) is 33.6 Å². The SMILES string of the molecule is CCCN(CCC)CC(=O)c1ccc(OCC)c(N)c1. The van der Waals surface area contributed by atoms with Crippen LogP contribution in [0.2, 0.25) is 0 Å². The summed E-state index contributed by atoms with van der Waals surface area (Å²) < 4.78 is 5.38. The smallest absolute Gasteiger partial charge is 0.176 e. The van der Waals surface area contributed by atoms with Crippen molar-refractivity contribution in [1.29, 1.82) is 0 Å². The summed E-state index contributed by atoms with van der Waals surface area (Å²) >= 11 is 0. The first-order valence-electron chi connectivity index (χ1n) is 7.40. The number of rotatable bonds is 9. The largest absolute Gasteiger partial charge is 0.492 e. The summed E-state index contributed by atoms with van der Waals surface area (Å²) in [4.78, 5) is 14.5. The summed E-state index contributed by atoms with van der Waals surface area (Å²) in [5.41, 5.74) is 7.08. The topological polar surface area (TPSA) is 55.6 Å². The van der Waals surface area contributed by atoms with Gasteiger partial charge in [0.25, 0.3) is 0 Å². The standard InChI is InChI=1S/C16H26N2O2/c1-4-9-18(10-5-2)12-15(19)13-7-8-16(20-6-3)14(17)11-13/h7-8,11H,4-6,9-10,12,17H2,1-3H3. The van der Waals surface area contributed by atoms with E-state index in [2.05, 4.69) is 18.7 Å². The van der Waals surface area contributed by atoms with Crippen LogP contribution in [-0.2, 0) is 0 Å². The van der Waals surface area contributed by atoms with Gasteiger partial charge in [0, 0.05) is 5.56 Å². The van der Waals surface area contributed by atoms with Crippen LogP contribution < -0.4 is 10.5 Å². The van der Waals surface area contributed by atoms with Crippen LogP contribution >= 0.6 is 0 Å². The van der Waals surface area contributed by atoms with E-state index in [0.717, 1.165) is 25.9 Å². The van der Waals surface area contributed by atoms with Gasteiger partial charge in [0.15, 0.2) is 5.78 Å². The van der Waals surface area contributed by atoms with Crippen LogP contribution in [0.3, 0.4) is 0 Å². The summed E-state index contributed by atoms with van der Waals surface area (Å²) in [6, 6.07) is 5.28. The Bertz CT molecular complexity index is 426. The summed E-state index contributed by atoms with van der Waals surface area (Å²) in [6.45, 7) is 9.08. The zero-order valence-electron chi connectivity index (χ0n) is 12.8. The minimum atomic E-state index is 0.113. The Morgan fingerprint density at radius 1 is 1.20 bits per heavy atom. The molecule has 1 aromatic rings. The molecule has 0 fully saturated rings. The van der Waals surface area contributed by atoms with E-state index in [1.54, 1.807) is 18.2 Å². The second-order valence-electron chi connectivity index (χ2n) is 4.88. The molecule has 0 atom stereocenters. The van der Waals surface area contributed by atoms with Crippen molar-refractivity contribution < 1.29 is 9.53 Å². The number of hydrogen-bond donors (Lipinski definition) is 1. The van der Waals surface area contributed by atoms with Gasteiger partial charge in [-0.2, -0.15) is 0 Å². The maximum absolute atomic E-state index is 12.3. The van der Waals surface area contributed by atoms with Crippen LogP contribution in [-0.4, -0.2) is 36.9 Å². The molecule has 0 radical (unpaired) electrons. The van der Waals surface area contributed by atoms with E-state index in [9.17, 15) is 4.79 Å². The number of nitrogens with zero attached hydrogens (tertiary/aromatic N) is 1. The molecule has 0 saturated carbocycles. The lowest BCUT2D eigenvalue weighted by Crippen LogP contribution is -2.31. The van der Waals surface area contributed by atoms with Gasteiger partial charge in [-0.1, -0.05) is 13.8 Å². The van der Waals surface area contributed by atoms with Gasteiger partial charge in [0.1, 0.15) is 5.75 Å².